The lowest BCUT2D eigenvalue weighted by atomic mass is 9.47. The standard InChI is InChI=1S/C31H52O2.C2H6/c1-20(2)22(5)9-8-10-23-12-14-27-26-13-11-24-19-25(33-29(32)21(3)4)15-17-31(24,7)28(26)16-18-30(23,27)6;1-2/h11,20-23,25-28H,8-10,12-19H2,1-7H3;1-2H3. The van der Waals surface area contributed by atoms with E-state index in [0.717, 1.165) is 48.3 Å². The van der Waals surface area contributed by atoms with E-state index in [4.69, 9.17) is 4.74 Å². The fraction of sp³-hybridized carbons (Fsp3) is 0.909. The zero-order chi connectivity index (χ0) is 26.0. The molecule has 0 aromatic heterocycles. The van der Waals surface area contributed by atoms with Crippen LogP contribution < -0.4 is 0 Å². The van der Waals surface area contributed by atoms with E-state index in [9.17, 15) is 4.79 Å². The van der Waals surface area contributed by atoms with Crippen LogP contribution in [0.2, 0.25) is 0 Å². The highest BCUT2D eigenvalue weighted by Gasteiger charge is 2.58. The minimum atomic E-state index is -0.0251. The zero-order valence-corrected chi connectivity index (χ0v) is 24.8. The highest BCUT2D eigenvalue weighted by molar-refractivity contribution is 5.71. The minimum Gasteiger partial charge on any atom is -0.462 e. The zero-order valence-electron chi connectivity index (χ0n) is 24.8. The van der Waals surface area contributed by atoms with Gasteiger partial charge in [-0.05, 0) is 97.7 Å². The van der Waals surface area contributed by atoms with Crippen molar-refractivity contribution in [1.29, 1.82) is 0 Å². The van der Waals surface area contributed by atoms with E-state index in [1.165, 1.54) is 57.8 Å². The Morgan fingerprint density at radius 1 is 1.00 bits per heavy atom. The molecule has 3 saturated carbocycles. The second kappa shape index (κ2) is 11.7. The Kier molecular flexibility index (Phi) is 9.64. The third kappa shape index (κ3) is 5.72. The highest BCUT2D eigenvalue weighted by Crippen LogP contribution is 2.66. The second-order valence-electron chi connectivity index (χ2n) is 13.7. The van der Waals surface area contributed by atoms with E-state index < -0.39 is 0 Å². The van der Waals surface area contributed by atoms with E-state index in [2.05, 4.69) is 40.7 Å². The Hall–Kier alpha value is -0.790. The van der Waals surface area contributed by atoms with Crippen molar-refractivity contribution in [3.05, 3.63) is 11.6 Å². The van der Waals surface area contributed by atoms with Gasteiger partial charge in [0.25, 0.3) is 0 Å². The van der Waals surface area contributed by atoms with Gasteiger partial charge in [-0.1, -0.05) is 86.8 Å². The predicted octanol–water partition coefficient (Wildman–Crippen LogP) is 9.62. The summed E-state index contributed by atoms with van der Waals surface area (Å²) in [5.74, 6) is 5.24. The van der Waals surface area contributed by atoms with Crippen LogP contribution in [0.25, 0.3) is 0 Å². The molecule has 0 aromatic carbocycles. The monoisotopic (exact) mass is 486 g/mol. The number of allylic oxidation sites excluding steroid dienone is 1. The summed E-state index contributed by atoms with van der Waals surface area (Å²) in [5.41, 5.74) is 2.54. The summed E-state index contributed by atoms with van der Waals surface area (Å²) < 4.78 is 5.87. The number of hydrogen-bond donors (Lipinski definition) is 0. The van der Waals surface area contributed by atoms with Gasteiger partial charge in [0.2, 0.25) is 0 Å². The maximum Gasteiger partial charge on any atom is 0.308 e. The van der Waals surface area contributed by atoms with E-state index in [-0.39, 0.29) is 18.0 Å². The smallest absolute Gasteiger partial charge is 0.308 e. The fourth-order valence-electron chi connectivity index (χ4n) is 8.63. The molecule has 35 heavy (non-hydrogen) atoms. The molecule has 0 saturated heterocycles. The molecule has 202 valence electrons. The molecule has 8 unspecified atom stereocenters. The Bertz CT molecular complexity index is 735. The summed E-state index contributed by atoms with van der Waals surface area (Å²) in [6.45, 7) is 20.3. The Labute approximate surface area is 218 Å². The van der Waals surface area contributed by atoms with Gasteiger partial charge in [-0.2, -0.15) is 0 Å². The maximum atomic E-state index is 12.2. The predicted molar refractivity (Wildman–Crippen MR) is 149 cm³/mol. The van der Waals surface area contributed by atoms with Crippen molar-refractivity contribution >= 4 is 5.97 Å². The van der Waals surface area contributed by atoms with Gasteiger partial charge < -0.3 is 4.74 Å². The van der Waals surface area contributed by atoms with Gasteiger partial charge in [0.1, 0.15) is 6.10 Å². The molecule has 4 rings (SSSR count). The quantitative estimate of drug-likeness (QED) is 0.264. The summed E-state index contributed by atoms with van der Waals surface area (Å²) in [4.78, 5) is 12.2. The van der Waals surface area contributed by atoms with Crippen LogP contribution in [0, 0.1) is 52.3 Å². The summed E-state index contributed by atoms with van der Waals surface area (Å²) in [6.07, 6.45) is 17.3. The SMILES string of the molecule is CC.CC(C)C(=O)OC1CCC2(C)C(=CCC3C2CCC2(C)C(CCCC(C)C(C)C)CCC32)C1. The van der Waals surface area contributed by atoms with Crippen LogP contribution in [0.1, 0.15) is 133 Å². The van der Waals surface area contributed by atoms with Gasteiger partial charge in [-0.25, -0.2) is 0 Å². The Morgan fingerprint density at radius 3 is 2.37 bits per heavy atom. The first-order chi connectivity index (χ1) is 16.6. The molecule has 2 heteroatoms. The lowest BCUT2D eigenvalue weighted by Crippen LogP contribution is -2.50. The third-order valence-electron chi connectivity index (χ3n) is 11.4. The van der Waals surface area contributed by atoms with Crippen molar-refractivity contribution in [2.45, 2.75) is 139 Å². The molecule has 0 N–H and O–H groups in total. The molecule has 4 aliphatic rings. The fourth-order valence-corrected chi connectivity index (χ4v) is 8.63. The maximum absolute atomic E-state index is 12.2. The molecule has 2 nitrogen and oxygen atoms in total. The van der Waals surface area contributed by atoms with Gasteiger partial charge in [0, 0.05) is 6.42 Å². The third-order valence-corrected chi connectivity index (χ3v) is 11.4. The number of hydrogen-bond acceptors (Lipinski definition) is 2. The molecule has 4 aliphatic carbocycles. The second-order valence-corrected chi connectivity index (χ2v) is 13.7. The average molecular weight is 487 g/mol. The van der Waals surface area contributed by atoms with Gasteiger partial charge in [-0.15, -0.1) is 0 Å². The van der Waals surface area contributed by atoms with E-state index in [1.807, 2.05) is 27.7 Å². The van der Waals surface area contributed by atoms with E-state index in [0.29, 0.717) is 10.8 Å². The molecule has 0 radical (unpaired) electrons. The number of rotatable bonds is 7. The lowest BCUT2D eigenvalue weighted by molar-refractivity contribution is -0.155. The van der Waals surface area contributed by atoms with Crippen LogP contribution in [0.3, 0.4) is 0 Å². The molecule has 3 fully saturated rings. The summed E-state index contributed by atoms with van der Waals surface area (Å²) in [5, 5.41) is 0. The van der Waals surface area contributed by atoms with Crippen LogP contribution >= 0.6 is 0 Å². The Morgan fingerprint density at radius 2 is 1.71 bits per heavy atom. The number of carbonyl (C=O) groups excluding carboxylic acids is 1. The van der Waals surface area contributed by atoms with Gasteiger partial charge in [0.15, 0.2) is 0 Å². The van der Waals surface area contributed by atoms with Crippen LogP contribution in [0.15, 0.2) is 11.6 Å². The van der Waals surface area contributed by atoms with Crippen LogP contribution in [0.5, 0.6) is 0 Å². The average Bonchev–Trinajstić information content (AvgIpc) is 3.16. The number of fused-ring (bicyclic) bond motifs is 5. The van der Waals surface area contributed by atoms with Crippen molar-refractivity contribution in [2.75, 3.05) is 0 Å². The summed E-state index contributed by atoms with van der Waals surface area (Å²) in [7, 11) is 0. The molecule has 0 heterocycles. The first kappa shape index (κ1) is 28.8. The van der Waals surface area contributed by atoms with Crippen LogP contribution in [-0.2, 0) is 9.53 Å². The van der Waals surface area contributed by atoms with Gasteiger partial charge in [0.05, 0.1) is 5.92 Å². The summed E-state index contributed by atoms with van der Waals surface area (Å²) >= 11 is 0. The van der Waals surface area contributed by atoms with Crippen LogP contribution in [-0.4, -0.2) is 12.1 Å². The lowest BCUT2D eigenvalue weighted by Gasteiger charge is -2.58. The molecular formula is C33H58O2. The topological polar surface area (TPSA) is 26.3 Å². The molecule has 0 spiro atoms. The first-order valence-corrected chi connectivity index (χ1v) is 15.5. The summed E-state index contributed by atoms with van der Waals surface area (Å²) in [6, 6.07) is 0. The van der Waals surface area contributed by atoms with Gasteiger partial charge in [-0.3, -0.25) is 4.79 Å². The minimum absolute atomic E-state index is 0.0221. The van der Waals surface area contributed by atoms with Crippen molar-refractivity contribution in [3.8, 4) is 0 Å². The van der Waals surface area contributed by atoms with Crippen LogP contribution in [0.4, 0.5) is 0 Å². The molecule has 0 aromatic rings. The number of esters is 1. The molecule has 0 bridgehead atoms. The van der Waals surface area contributed by atoms with Crippen molar-refractivity contribution < 1.29 is 9.53 Å². The molecule has 0 aliphatic heterocycles. The highest BCUT2D eigenvalue weighted by atomic mass is 16.5. The van der Waals surface area contributed by atoms with Crippen molar-refractivity contribution in [2.24, 2.45) is 52.3 Å². The number of carbonyl (C=O) groups is 1. The molecule has 0 amide bonds. The van der Waals surface area contributed by atoms with Crippen molar-refractivity contribution in [1.82, 2.24) is 0 Å². The molecule has 8 atom stereocenters. The first-order valence-electron chi connectivity index (χ1n) is 15.5. The Balaban J connectivity index is 0.00000167. The van der Waals surface area contributed by atoms with E-state index >= 15 is 0 Å². The van der Waals surface area contributed by atoms with Crippen molar-refractivity contribution in [3.63, 3.8) is 0 Å². The largest absolute Gasteiger partial charge is 0.462 e. The normalized spacial score (nSPS) is 39.1. The van der Waals surface area contributed by atoms with Gasteiger partial charge >= 0.3 is 5.97 Å². The number of ether oxygens (including phenoxy) is 1. The van der Waals surface area contributed by atoms with E-state index in [1.54, 1.807) is 5.57 Å². The molecular weight excluding hydrogens is 428 g/mol.